The van der Waals surface area contributed by atoms with Crippen LogP contribution in [0.25, 0.3) is 5.69 Å². The van der Waals surface area contributed by atoms with Crippen LogP contribution >= 0.6 is 11.6 Å². The first-order valence-corrected chi connectivity index (χ1v) is 12.8. The Hall–Kier alpha value is -3.80. The van der Waals surface area contributed by atoms with E-state index in [9.17, 15) is 33.4 Å². The molecule has 0 fully saturated rings. The number of hydrogen-bond donors (Lipinski definition) is 2. The van der Waals surface area contributed by atoms with E-state index in [0.717, 1.165) is 12.1 Å². The molecule has 1 aliphatic rings. The van der Waals surface area contributed by atoms with Crippen LogP contribution in [0.3, 0.4) is 0 Å². The summed E-state index contributed by atoms with van der Waals surface area (Å²) in [4.78, 5) is 41.7. The van der Waals surface area contributed by atoms with E-state index in [2.05, 4.69) is 0 Å². The van der Waals surface area contributed by atoms with Gasteiger partial charge in [0, 0.05) is 23.4 Å². The lowest BCUT2D eigenvalue weighted by atomic mass is 10.0. The first-order valence-electron chi connectivity index (χ1n) is 12.4. The number of anilines is 2. The molecule has 2 heterocycles. The van der Waals surface area contributed by atoms with Crippen molar-refractivity contribution in [2.75, 3.05) is 23.1 Å². The number of halogens is 3. The highest BCUT2D eigenvalue weighted by atomic mass is 35.5. The summed E-state index contributed by atoms with van der Waals surface area (Å²) in [5, 5.41) is 19.2. The minimum Gasteiger partial charge on any atom is -0.487 e. The molecule has 0 radical (unpaired) electrons. The molecule has 0 bridgehead atoms. The highest BCUT2D eigenvalue weighted by Gasteiger charge is 2.35. The van der Waals surface area contributed by atoms with Gasteiger partial charge in [0.05, 0.1) is 42.1 Å². The number of aliphatic hydroxyl groups is 2. The van der Waals surface area contributed by atoms with Gasteiger partial charge in [0.25, 0.3) is 5.56 Å². The van der Waals surface area contributed by atoms with E-state index in [1.54, 1.807) is 25.1 Å². The zero-order valence-electron chi connectivity index (χ0n) is 22.1. The molecule has 1 aliphatic heterocycles. The third-order valence-electron chi connectivity index (χ3n) is 6.29. The molecule has 40 heavy (non-hydrogen) atoms. The Morgan fingerprint density at radius 2 is 1.75 bits per heavy atom. The fourth-order valence-electron chi connectivity index (χ4n) is 4.41. The quantitative estimate of drug-likeness (QED) is 0.422. The van der Waals surface area contributed by atoms with Crippen LogP contribution < -0.4 is 20.1 Å². The Balaban J connectivity index is 1.70. The van der Waals surface area contributed by atoms with Gasteiger partial charge in [-0.2, -0.15) is 0 Å². The number of hydrogen-bond acceptors (Lipinski definition) is 6. The number of ether oxygens (including phenoxy) is 1. The highest BCUT2D eigenvalue weighted by Crippen LogP contribution is 2.39. The summed E-state index contributed by atoms with van der Waals surface area (Å²) in [5.74, 6) is -2.36. The SMILES string of the molecule is Cc1cc(OCc2ccc(F)cc2F)c(Cl)c(=O)n1-c1ccc2c(c1)N(C(=O)CCO)CN2C(=O)CC(C)(C)O. The fraction of sp³-hybridized carbons (Fsp3) is 0.321. The normalized spacial score (nSPS) is 13.0. The van der Waals surface area contributed by atoms with Gasteiger partial charge in [0.15, 0.2) is 0 Å². The second-order valence-corrected chi connectivity index (χ2v) is 10.4. The number of amides is 2. The Bertz CT molecular complexity index is 1540. The van der Waals surface area contributed by atoms with Crippen molar-refractivity contribution < 1.29 is 33.3 Å². The Morgan fingerprint density at radius 1 is 1.05 bits per heavy atom. The summed E-state index contributed by atoms with van der Waals surface area (Å²) < 4.78 is 34.1. The number of aliphatic hydroxyl groups excluding tert-OH is 1. The maximum atomic E-state index is 14.0. The molecule has 0 spiro atoms. The number of pyridine rings is 1. The lowest BCUT2D eigenvalue weighted by molar-refractivity contribution is -0.122. The minimum atomic E-state index is -1.27. The summed E-state index contributed by atoms with van der Waals surface area (Å²) in [6.07, 6.45) is -0.365. The number of nitrogens with zero attached hydrogens (tertiary/aromatic N) is 3. The average molecular weight is 576 g/mol. The van der Waals surface area contributed by atoms with Crippen molar-refractivity contribution in [3.05, 3.63) is 80.7 Å². The third kappa shape index (κ3) is 6.01. The van der Waals surface area contributed by atoms with Gasteiger partial charge in [-0.1, -0.05) is 11.6 Å². The smallest absolute Gasteiger partial charge is 0.277 e. The van der Waals surface area contributed by atoms with E-state index >= 15 is 0 Å². The van der Waals surface area contributed by atoms with E-state index in [1.165, 1.54) is 40.3 Å². The van der Waals surface area contributed by atoms with E-state index < -0.39 is 34.6 Å². The largest absolute Gasteiger partial charge is 0.487 e. The van der Waals surface area contributed by atoms with Gasteiger partial charge in [-0.3, -0.25) is 28.8 Å². The summed E-state index contributed by atoms with van der Waals surface area (Å²) in [6, 6.07) is 9.27. The number of aromatic nitrogens is 1. The molecule has 9 nitrogen and oxygen atoms in total. The molecule has 212 valence electrons. The van der Waals surface area contributed by atoms with Crippen LogP contribution in [0.4, 0.5) is 20.2 Å². The maximum absolute atomic E-state index is 14.0. The lowest BCUT2D eigenvalue weighted by Crippen LogP contribution is -2.41. The minimum absolute atomic E-state index is 0.00782. The highest BCUT2D eigenvalue weighted by molar-refractivity contribution is 6.31. The third-order valence-corrected chi connectivity index (χ3v) is 6.64. The van der Waals surface area contributed by atoms with Crippen LogP contribution in [-0.4, -0.2) is 45.5 Å². The first-order chi connectivity index (χ1) is 18.8. The topological polar surface area (TPSA) is 112 Å². The molecule has 2 N–H and O–H groups in total. The van der Waals surface area contributed by atoms with Crippen molar-refractivity contribution in [3.63, 3.8) is 0 Å². The average Bonchev–Trinajstić information content (AvgIpc) is 3.25. The van der Waals surface area contributed by atoms with Crippen molar-refractivity contribution >= 4 is 34.8 Å². The molecular weight excluding hydrogens is 548 g/mol. The van der Waals surface area contributed by atoms with Crippen LogP contribution in [0.1, 0.15) is 37.9 Å². The van der Waals surface area contributed by atoms with Crippen LogP contribution in [0.15, 0.2) is 47.3 Å². The zero-order valence-corrected chi connectivity index (χ0v) is 22.8. The molecule has 0 unspecified atom stereocenters. The number of fused-ring (bicyclic) bond motifs is 1. The number of benzene rings is 2. The Kier molecular flexibility index (Phi) is 8.29. The van der Waals surface area contributed by atoms with E-state index in [4.69, 9.17) is 16.3 Å². The number of rotatable bonds is 8. The summed E-state index contributed by atoms with van der Waals surface area (Å²) >= 11 is 6.33. The van der Waals surface area contributed by atoms with Crippen molar-refractivity contribution in [1.82, 2.24) is 4.57 Å². The maximum Gasteiger partial charge on any atom is 0.277 e. The van der Waals surface area contributed by atoms with Crippen molar-refractivity contribution in [2.45, 2.75) is 45.8 Å². The molecule has 3 aromatic rings. The van der Waals surface area contributed by atoms with E-state index in [-0.39, 0.29) is 49.1 Å². The van der Waals surface area contributed by atoms with E-state index in [1.807, 2.05) is 0 Å². The van der Waals surface area contributed by atoms with E-state index in [0.29, 0.717) is 22.8 Å². The first kappa shape index (κ1) is 29.2. The second kappa shape index (κ2) is 11.4. The second-order valence-electron chi connectivity index (χ2n) is 10.0. The molecular formula is C28H28ClF2N3O6. The van der Waals surface area contributed by atoms with Crippen molar-refractivity contribution in [3.8, 4) is 11.4 Å². The van der Waals surface area contributed by atoms with Gasteiger partial charge in [-0.05, 0) is 51.1 Å². The van der Waals surface area contributed by atoms with Crippen LogP contribution in [0.5, 0.6) is 5.75 Å². The molecule has 2 aromatic carbocycles. The molecule has 0 aliphatic carbocycles. The molecule has 2 amide bonds. The Labute approximate surface area is 233 Å². The van der Waals surface area contributed by atoms with Gasteiger partial charge >= 0.3 is 0 Å². The van der Waals surface area contributed by atoms with Gasteiger partial charge in [0.1, 0.15) is 35.7 Å². The molecule has 0 saturated heterocycles. The Morgan fingerprint density at radius 3 is 2.40 bits per heavy atom. The van der Waals surface area contributed by atoms with Crippen LogP contribution in [0.2, 0.25) is 5.02 Å². The fourth-order valence-corrected chi connectivity index (χ4v) is 4.61. The van der Waals surface area contributed by atoms with Crippen molar-refractivity contribution in [2.24, 2.45) is 0 Å². The van der Waals surface area contributed by atoms with Gasteiger partial charge < -0.3 is 14.9 Å². The summed E-state index contributed by atoms with van der Waals surface area (Å²) in [6.45, 7) is 3.84. The molecule has 1 aromatic heterocycles. The molecule has 4 rings (SSSR count). The predicted octanol–water partition coefficient (Wildman–Crippen LogP) is 3.84. The summed E-state index contributed by atoms with van der Waals surface area (Å²) in [7, 11) is 0. The molecule has 12 heteroatoms. The lowest BCUT2D eigenvalue weighted by Gasteiger charge is -2.23. The predicted molar refractivity (Wildman–Crippen MR) is 145 cm³/mol. The van der Waals surface area contributed by atoms with Gasteiger partial charge in [-0.15, -0.1) is 0 Å². The summed E-state index contributed by atoms with van der Waals surface area (Å²) in [5.41, 5.74) is -0.334. The number of carbonyl (C=O) groups is 2. The standard InChI is InChI=1S/C28H28ClF2N3O6/c1-16-10-23(40-14-17-4-5-18(30)11-20(17)31)26(29)27(38)34(16)19-6-7-21-22(12-19)33(24(36)8-9-35)15-32(21)25(37)13-28(2,3)39/h4-7,10-12,35,39H,8-9,13-15H2,1-3H3. The monoisotopic (exact) mass is 575 g/mol. The van der Waals surface area contributed by atoms with Gasteiger partial charge in [0.2, 0.25) is 11.8 Å². The van der Waals surface area contributed by atoms with Crippen LogP contribution in [0, 0.1) is 18.6 Å². The number of carbonyl (C=O) groups excluding carboxylic acids is 2. The number of aryl methyl sites for hydroxylation is 1. The zero-order chi connectivity index (χ0) is 29.4. The van der Waals surface area contributed by atoms with Crippen molar-refractivity contribution in [1.29, 1.82) is 0 Å². The molecule has 0 atom stereocenters. The molecule has 0 saturated carbocycles. The van der Waals surface area contributed by atoms with Crippen LogP contribution in [-0.2, 0) is 16.2 Å². The van der Waals surface area contributed by atoms with Gasteiger partial charge in [-0.25, -0.2) is 8.78 Å².